The standard InChI is InChI=1S/C19H26O3/c1-18-8-7-12(20)9-11(18)3-4-13-14-5-6-16(22)19(14,2)10-15(21)17(13)18/h11,13-14,17H,3-10H2,1-2H3/t11?,13-,14-,17-,18+,19+/m1/s1. The normalized spacial score (nSPS) is 51.3. The van der Waals surface area contributed by atoms with Gasteiger partial charge in [-0.25, -0.2) is 0 Å². The van der Waals surface area contributed by atoms with Crippen molar-refractivity contribution in [1.29, 1.82) is 0 Å². The molecule has 0 radical (unpaired) electrons. The Morgan fingerprint density at radius 3 is 2.55 bits per heavy atom. The first-order valence-corrected chi connectivity index (χ1v) is 8.94. The van der Waals surface area contributed by atoms with Gasteiger partial charge in [0.2, 0.25) is 0 Å². The molecular weight excluding hydrogens is 276 g/mol. The molecule has 120 valence electrons. The van der Waals surface area contributed by atoms with Crippen molar-refractivity contribution in [1.82, 2.24) is 0 Å². The van der Waals surface area contributed by atoms with E-state index >= 15 is 0 Å². The zero-order chi connectivity index (χ0) is 15.7. The lowest BCUT2D eigenvalue weighted by Gasteiger charge is -2.58. The summed E-state index contributed by atoms with van der Waals surface area (Å²) in [6, 6.07) is 0. The van der Waals surface area contributed by atoms with Gasteiger partial charge in [-0.05, 0) is 48.9 Å². The van der Waals surface area contributed by atoms with Crippen LogP contribution >= 0.6 is 0 Å². The van der Waals surface area contributed by atoms with Gasteiger partial charge in [-0.3, -0.25) is 14.4 Å². The van der Waals surface area contributed by atoms with E-state index in [4.69, 9.17) is 0 Å². The van der Waals surface area contributed by atoms with Crippen LogP contribution in [0.4, 0.5) is 0 Å². The first-order valence-electron chi connectivity index (χ1n) is 8.94. The summed E-state index contributed by atoms with van der Waals surface area (Å²) in [7, 11) is 0. The van der Waals surface area contributed by atoms with Gasteiger partial charge in [0.05, 0.1) is 0 Å². The molecule has 4 aliphatic carbocycles. The molecule has 0 heterocycles. The molecule has 1 unspecified atom stereocenters. The average Bonchev–Trinajstić information content (AvgIpc) is 2.75. The lowest BCUT2D eigenvalue weighted by molar-refractivity contribution is -0.161. The summed E-state index contributed by atoms with van der Waals surface area (Å²) in [6.07, 6.45) is 6.39. The summed E-state index contributed by atoms with van der Waals surface area (Å²) < 4.78 is 0. The highest BCUT2D eigenvalue weighted by Gasteiger charge is 2.63. The van der Waals surface area contributed by atoms with Gasteiger partial charge in [0, 0.05) is 37.0 Å². The van der Waals surface area contributed by atoms with Crippen molar-refractivity contribution in [2.45, 2.75) is 65.2 Å². The van der Waals surface area contributed by atoms with E-state index in [1.54, 1.807) is 0 Å². The number of carbonyl (C=O) groups excluding carboxylic acids is 3. The lowest BCUT2D eigenvalue weighted by Crippen LogP contribution is -2.57. The van der Waals surface area contributed by atoms with Crippen LogP contribution in [0, 0.1) is 34.5 Å². The van der Waals surface area contributed by atoms with Crippen LogP contribution in [-0.2, 0) is 14.4 Å². The number of hydrogen-bond donors (Lipinski definition) is 0. The highest BCUT2D eigenvalue weighted by atomic mass is 16.1. The molecule has 22 heavy (non-hydrogen) atoms. The molecule has 0 N–H and O–H groups in total. The first kappa shape index (κ1) is 14.6. The maximum atomic E-state index is 13.0. The Bertz CT molecular complexity index is 565. The van der Waals surface area contributed by atoms with E-state index in [2.05, 4.69) is 6.92 Å². The fraction of sp³-hybridized carbons (Fsp3) is 0.842. The minimum Gasteiger partial charge on any atom is -0.300 e. The number of Topliss-reactive ketones (excluding diaryl/α,β-unsaturated/α-hetero) is 3. The molecule has 3 nitrogen and oxygen atoms in total. The third-order valence-electron chi connectivity index (χ3n) is 7.88. The zero-order valence-electron chi connectivity index (χ0n) is 13.7. The Labute approximate surface area is 132 Å². The Hall–Kier alpha value is -0.990. The number of hydrogen-bond acceptors (Lipinski definition) is 3. The van der Waals surface area contributed by atoms with Crippen LogP contribution in [0.25, 0.3) is 0 Å². The van der Waals surface area contributed by atoms with Crippen molar-refractivity contribution in [3.63, 3.8) is 0 Å². The second-order valence-corrected chi connectivity index (χ2v) is 8.79. The molecule has 0 aromatic heterocycles. The molecule has 3 heteroatoms. The van der Waals surface area contributed by atoms with Crippen LogP contribution in [0.5, 0.6) is 0 Å². The van der Waals surface area contributed by atoms with Crippen molar-refractivity contribution in [2.75, 3.05) is 0 Å². The molecular formula is C19H26O3. The number of rotatable bonds is 0. The quantitative estimate of drug-likeness (QED) is 0.689. The van der Waals surface area contributed by atoms with E-state index in [-0.39, 0.29) is 16.7 Å². The van der Waals surface area contributed by atoms with Gasteiger partial charge in [0.25, 0.3) is 0 Å². The first-order chi connectivity index (χ1) is 10.4. The minimum absolute atomic E-state index is 0.000871. The molecule has 0 saturated heterocycles. The fourth-order valence-corrected chi connectivity index (χ4v) is 6.64. The van der Waals surface area contributed by atoms with Gasteiger partial charge in [0.1, 0.15) is 17.3 Å². The van der Waals surface area contributed by atoms with Crippen LogP contribution in [-0.4, -0.2) is 17.3 Å². The second-order valence-electron chi connectivity index (χ2n) is 8.79. The van der Waals surface area contributed by atoms with E-state index in [9.17, 15) is 14.4 Å². The van der Waals surface area contributed by atoms with E-state index in [0.29, 0.717) is 60.8 Å². The maximum absolute atomic E-state index is 13.0. The summed E-state index contributed by atoms with van der Waals surface area (Å²) in [4.78, 5) is 37.2. The van der Waals surface area contributed by atoms with Crippen molar-refractivity contribution < 1.29 is 14.4 Å². The van der Waals surface area contributed by atoms with Gasteiger partial charge in [-0.15, -0.1) is 0 Å². The Balaban J connectivity index is 1.72. The highest BCUT2D eigenvalue weighted by molar-refractivity contribution is 5.95. The predicted octanol–water partition coefficient (Wildman–Crippen LogP) is 3.35. The third kappa shape index (κ3) is 1.71. The molecule has 0 aromatic rings. The molecule has 0 aromatic carbocycles. The molecule has 0 aliphatic heterocycles. The van der Waals surface area contributed by atoms with Crippen molar-refractivity contribution in [3.8, 4) is 0 Å². The van der Waals surface area contributed by atoms with E-state index in [1.165, 1.54) is 0 Å². The molecule has 4 saturated carbocycles. The Morgan fingerprint density at radius 1 is 1.00 bits per heavy atom. The van der Waals surface area contributed by atoms with Crippen LogP contribution in [0.1, 0.15) is 65.2 Å². The van der Waals surface area contributed by atoms with Crippen molar-refractivity contribution in [2.24, 2.45) is 34.5 Å². The predicted molar refractivity (Wildman–Crippen MR) is 82.1 cm³/mol. The monoisotopic (exact) mass is 302 g/mol. The summed E-state index contributed by atoms with van der Waals surface area (Å²) in [5.41, 5.74) is -0.382. The van der Waals surface area contributed by atoms with Gasteiger partial charge in [-0.2, -0.15) is 0 Å². The Morgan fingerprint density at radius 2 is 1.77 bits per heavy atom. The SMILES string of the molecule is C[C@]12CCC(=O)CC1CC[C@@H]1[C@H]3CCC(=O)[C@@]3(C)CC(=O)[C@@H]12. The summed E-state index contributed by atoms with van der Waals surface area (Å²) in [6.45, 7) is 4.30. The molecule has 0 amide bonds. The second kappa shape index (κ2) is 4.52. The molecule has 6 atom stereocenters. The Kier molecular flexibility index (Phi) is 3.00. The van der Waals surface area contributed by atoms with Crippen LogP contribution in [0.2, 0.25) is 0 Å². The molecule has 0 bridgehead atoms. The maximum Gasteiger partial charge on any atom is 0.139 e. The largest absolute Gasteiger partial charge is 0.300 e. The summed E-state index contributed by atoms with van der Waals surface area (Å²) >= 11 is 0. The third-order valence-corrected chi connectivity index (χ3v) is 7.88. The van der Waals surface area contributed by atoms with Crippen LogP contribution in [0.3, 0.4) is 0 Å². The van der Waals surface area contributed by atoms with Gasteiger partial charge in [0.15, 0.2) is 0 Å². The number of carbonyl (C=O) groups is 3. The van der Waals surface area contributed by atoms with Crippen LogP contribution in [0.15, 0.2) is 0 Å². The van der Waals surface area contributed by atoms with E-state index < -0.39 is 0 Å². The molecule has 4 fully saturated rings. The highest BCUT2D eigenvalue weighted by Crippen LogP contribution is 2.64. The van der Waals surface area contributed by atoms with Crippen molar-refractivity contribution in [3.05, 3.63) is 0 Å². The van der Waals surface area contributed by atoms with Gasteiger partial charge >= 0.3 is 0 Å². The fourth-order valence-electron chi connectivity index (χ4n) is 6.64. The van der Waals surface area contributed by atoms with Gasteiger partial charge in [-0.1, -0.05) is 13.8 Å². The topological polar surface area (TPSA) is 51.2 Å². The number of fused-ring (bicyclic) bond motifs is 5. The smallest absolute Gasteiger partial charge is 0.139 e. The van der Waals surface area contributed by atoms with E-state index in [1.807, 2.05) is 6.92 Å². The summed E-state index contributed by atoms with van der Waals surface area (Å²) in [5.74, 6) is 2.29. The molecule has 0 spiro atoms. The van der Waals surface area contributed by atoms with Gasteiger partial charge < -0.3 is 0 Å². The molecule has 4 aliphatic rings. The molecule has 4 rings (SSSR count). The van der Waals surface area contributed by atoms with Crippen LogP contribution < -0.4 is 0 Å². The average molecular weight is 302 g/mol. The van der Waals surface area contributed by atoms with Crippen molar-refractivity contribution >= 4 is 17.3 Å². The summed E-state index contributed by atoms with van der Waals surface area (Å²) in [5, 5.41) is 0. The zero-order valence-corrected chi connectivity index (χ0v) is 13.7. The number of ketones is 3. The minimum atomic E-state index is -0.383. The lowest BCUT2D eigenvalue weighted by atomic mass is 9.45. The van der Waals surface area contributed by atoms with E-state index in [0.717, 1.165) is 25.7 Å².